The van der Waals surface area contributed by atoms with Crippen LogP contribution in [-0.4, -0.2) is 61.1 Å². The van der Waals surface area contributed by atoms with Gasteiger partial charge in [-0.15, -0.1) is 0 Å². The smallest absolute Gasteiger partial charge is 0.311 e. The van der Waals surface area contributed by atoms with Crippen LogP contribution in [0.5, 0.6) is 0 Å². The highest BCUT2D eigenvalue weighted by Gasteiger charge is 2.56. The lowest BCUT2D eigenvalue weighted by molar-refractivity contribution is -0.159. The summed E-state index contributed by atoms with van der Waals surface area (Å²) in [4.78, 5) is 20.0. The maximum atomic E-state index is 12.5. The van der Waals surface area contributed by atoms with E-state index in [-0.39, 0.29) is 17.9 Å². The predicted molar refractivity (Wildman–Crippen MR) is 105 cm³/mol. The van der Waals surface area contributed by atoms with Crippen molar-refractivity contribution in [3.8, 4) is 0 Å². The lowest BCUT2D eigenvalue weighted by Crippen LogP contribution is -2.63. The molecule has 6 atom stereocenters. The summed E-state index contributed by atoms with van der Waals surface area (Å²) in [7, 11) is 3.20. The summed E-state index contributed by atoms with van der Waals surface area (Å²) in [6, 6.07) is 8.38. The van der Waals surface area contributed by atoms with Gasteiger partial charge in [0.15, 0.2) is 0 Å². The molecule has 0 aromatic heterocycles. The minimum absolute atomic E-state index is 0.122. The predicted octanol–water partition coefficient (Wildman–Crippen LogP) is 2.27. The SMILES string of the molecule is COC(=O)[C@@H]1[C@H]2C[C@H]3C4=Nc5ccccc5C4(OC)CCN3C[C@@H]2CC[C@@H]1O. The zero-order valence-electron chi connectivity index (χ0n) is 16.5. The summed E-state index contributed by atoms with van der Waals surface area (Å²) in [6.45, 7) is 1.91. The molecule has 5 rings (SSSR count). The number of aliphatic hydroxyl groups excluding tert-OH is 1. The van der Waals surface area contributed by atoms with E-state index in [9.17, 15) is 9.90 Å². The Balaban J connectivity index is 1.51. The van der Waals surface area contributed by atoms with E-state index in [0.29, 0.717) is 12.3 Å². The average Bonchev–Trinajstić information content (AvgIpc) is 3.07. The quantitative estimate of drug-likeness (QED) is 0.792. The van der Waals surface area contributed by atoms with Crippen molar-refractivity contribution in [1.82, 2.24) is 4.90 Å². The minimum Gasteiger partial charge on any atom is -0.469 e. The van der Waals surface area contributed by atoms with Gasteiger partial charge in [0, 0.05) is 25.8 Å². The standard InChI is InChI=1S/C22H28N2O4/c1-27-21(26)19-14-11-17-20-22(28-2,15-5-3-4-6-16(15)23-20)9-10-24(17)12-13(14)7-8-18(19)25/h3-6,13-14,17-19,25H,7-12H2,1-2H3/t13-,14-,17-,18-,19+,22?/m0/s1. The summed E-state index contributed by atoms with van der Waals surface area (Å²) in [5, 5.41) is 10.6. The molecule has 28 heavy (non-hydrogen) atoms. The van der Waals surface area contributed by atoms with Crippen molar-refractivity contribution >= 4 is 17.4 Å². The number of carbonyl (C=O) groups excluding carboxylic acids is 1. The van der Waals surface area contributed by atoms with Crippen molar-refractivity contribution in [2.75, 3.05) is 27.3 Å². The third-order valence-electron chi connectivity index (χ3n) is 7.60. The number of rotatable bonds is 2. The molecule has 150 valence electrons. The minimum atomic E-state index is -0.612. The summed E-state index contributed by atoms with van der Waals surface area (Å²) >= 11 is 0. The molecule has 0 radical (unpaired) electrons. The Morgan fingerprint density at radius 2 is 2.11 bits per heavy atom. The van der Waals surface area contributed by atoms with Crippen LogP contribution in [0, 0.1) is 17.8 Å². The lowest BCUT2D eigenvalue weighted by atomic mass is 9.63. The van der Waals surface area contributed by atoms with E-state index >= 15 is 0 Å². The third kappa shape index (κ3) is 2.44. The maximum Gasteiger partial charge on any atom is 0.311 e. The number of esters is 1. The van der Waals surface area contributed by atoms with Gasteiger partial charge in [0.2, 0.25) is 0 Å². The van der Waals surface area contributed by atoms with Gasteiger partial charge in [0.1, 0.15) is 5.60 Å². The van der Waals surface area contributed by atoms with E-state index in [1.165, 1.54) is 7.11 Å². The van der Waals surface area contributed by atoms with E-state index in [2.05, 4.69) is 17.0 Å². The molecule has 6 nitrogen and oxygen atoms in total. The second-order valence-electron chi connectivity index (χ2n) is 8.66. The van der Waals surface area contributed by atoms with Crippen LogP contribution in [0.15, 0.2) is 29.3 Å². The van der Waals surface area contributed by atoms with E-state index in [1.54, 1.807) is 7.11 Å². The molecule has 1 aromatic carbocycles. The van der Waals surface area contributed by atoms with Crippen molar-refractivity contribution in [1.29, 1.82) is 0 Å². The van der Waals surface area contributed by atoms with Crippen LogP contribution in [-0.2, 0) is 19.9 Å². The first kappa shape index (κ1) is 18.3. The third-order valence-corrected chi connectivity index (χ3v) is 7.60. The number of hydrogen-bond donors (Lipinski definition) is 1. The molecule has 3 fully saturated rings. The van der Waals surface area contributed by atoms with Gasteiger partial charge in [-0.1, -0.05) is 18.2 Å². The van der Waals surface area contributed by atoms with Gasteiger partial charge in [-0.05, 0) is 43.6 Å². The largest absolute Gasteiger partial charge is 0.469 e. The molecule has 0 bridgehead atoms. The lowest BCUT2D eigenvalue weighted by Gasteiger charge is -2.54. The fraction of sp³-hybridized carbons (Fsp3) is 0.636. The summed E-state index contributed by atoms with van der Waals surface area (Å²) in [6.07, 6.45) is 2.74. The van der Waals surface area contributed by atoms with Crippen molar-refractivity contribution < 1.29 is 19.4 Å². The van der Waals surface area contributed by atoms with Gasteiger partial charge in [0.25, 0.3) is 0 Å². The molecule has 3 heterocycles. The Hall–Kier alpha value is -1.76. The van der Waals surface area contributed by atoms with Gasteiger partial charge in [-0.25, -0.2) is 0 Å². The Kier molecular flexibility index (Phi) is 4.34. The molecule has 1 saturated carbocycles. The maximum absolute atomic E-state index is 12.5. The molecule has 0 amide bonds. The van der Waals surface area contributed by atoms with Crippen LogP contribution in [0.2, 0.25) is 0 Å². The van der Waals surface area contributed by atoms with Crippen molar-refractivity contribution in [3.05, 3.63) is 29.8 Å². The average molecular weight is 384 g/mol. The number of ether oxygens (including phenoxy) is 2. The van der Waals surface area contributed by atoms with E-state index < -0.39 is 17.6 Å². The van der Waals surface area contributed by atoms with Crippen LogP contribution in [0.25, 0.3) is 0 Å². The fourth-order valence-corrected chi connectivity index (χ4v) is 6.25. The molecule has 1 aromatic rings. The van der Waals surface area contributed by atoms with Gasteiger partial charge < -0.3 is 14.6 Å². The number of carbonyl (C=O) groups is 1. The first-order chi connectivity index (χ1) is 13.6. The fourth-order valence-electron chi connectivity index (χ4n) is 6.25. The van der Waals surface area contributed by atoms with Crippen molar-refractivity contribution in [3.63, 3.8) is 0 Å². The Morgan fingerprint density at radius 3 is 2.89 bits per heavy atom. The highest BCUT2D eigenvalue weighted by molar-refractivity contribution is 6.04. The summed E-state index contributed by atoms with van der Waals surface area (Å²) < 4.78 is 11.2. The summed E-state index contributed by atoms with van der Waals surface area (Å²) in [5.41, 5.74) is 2.77. The number of para-hydroxylation sites is 1. The summed E-state index contributed by atoms with van der Waals surface area (Å²) in [5.74, 6) is -0.171. The van der Waals surface area contributed by atoms with E-state index in [0.717, 1.165) is 49.3 Å². The number of aliphatic imine (C=N–C) groups is 1. The molecular formula is C22H28N2O4. The molecule has 2 saturated heterocycles. The van der Waals surface area contributed by atoms with Crippen LogP contribution in [0.4, 0.5) is 5.69 Å². The first-order valence-corrected chi connectivity index (χ1v) is 10.3. The Bertz CT molecular complexity index is 825. The first-order valence-electron chi connectivity index (χ1n) is 10.3. The molecule has 0 spiro atoms. The number of methoxy groups -OCH3 is 2. The number of benzene rings is 1. The topological polar surface area (TPSA) is 71.4 Å². The van der Waals surface area contributed by atoms with Gasteiger partial charge in [-0.2, -0.15) is 0 Å². The number of nitrogens with zero attached hydrogens (tertiary/aromatic N) is 2. The molecule has 1 aliphatic carbocycles. The number of fused-ring (bicyclic) bond motifs is 6. The Labute approximate surface area is 165 Å². The van der Waals surface area contributed by atoms with E-state index in [4.69, 9.17) is 14.5 Å². The molecule has 1 N–H and O–H groups in total. The molecule has 1 unspecified atom stereocenters. The zero-order valence-corrected chi connectivity index (χ0v) is 16.5. The van der Waals surface area contributed by atoms with Gasteiger partial charge >= 0.3 is 5.97 Å². The number of piperidine rings is 2. The van der Waals surface area contributed by atoms with Crippen LogP contribution in [0.1, 0.15) is 31.2 Å². The zero-order chi connectivity index (χ0) is 19.5. The number of hydrogen-bond acceptors (Lipinski definition) is 6. The monoisotopic (exact) mass is 384 g/mol. The molecular weight excluding hydrogens is 356 g/mol. The molecule has 4 aliphatic rings. The second-order valence-corrected chi connectivity index (χ2v) is 8.66. The highest BCUT2D eigenvalue weighted by Crippen LogP contribution is 2.51. The molecule has 6 heteroatoms. The van der Waals surface area contributed by atoms with Gasteiger partial charge in [0.05, 0.1) is 36.6 Å². The molecule has 3 aliphatic heterocycles. The van der Waals surface area contributed by atoms with Crippen molar-refractivity contribution in [2.45, 2.75) is 43.4 Å². The van der Waals surface area contributed by atoms with Crippen LogP contribution in [0.3, 0.4) is 0 Å². The highest BCUT2D eigenvalue weighted by atomic mass is 16.5. The Morgan fingerprint density at radius 1 is 1.29 bits per heavy atom. The second kappa shape index (κ2) is 6.65. The van der Waals surface area contributed by atoms with E-state index in [1.807, 2.05) is 12.1 Å². The number of aliphatic hydroxyl groups is 1. The van der Waals surface area contributed by atoms with Crippen molar-refractivity contribution in [2.24, 2.45) is 22.7 Å². The van der Waals surface area contributed by atoms with Crippen LogP contribution < -0.4 is 0 Å². The van der Waals surface area contributed by atoms with Gasteiger partial charge in [-0.3, -0.25) is 14.7 Å². The van der Waals surface area contributed by atoms with Crippen LogP contribution >= 0.6 is 0 Å². The normalized spacial score (nSPS) is 39.2.